The lowest BCUT2D eigenvalue weighted by Crippen LogP contribution is -2.40. The maximum absolute atomic E-state index is 13.0. The maximum Gasteiger partial charge on any atom is 0.326 e. The molecule has 1 unspecified atom stereocenters. The molecule has 1 aromatic carbocycles. The molecule has 0 radical (unpaired) electrons. The monoisotopic (exact) mass is 265 g/mol. The van der Waals surface area contributed by atoms with Crippen LogP contribution in [0.25, 0.3) is 0 Å². The van der Waals surface area contributed by atoms with E-state index in [-0.39, 0.29) is 18.1 Å². The van der Waals surface area contributed by atoms with Gasteiger partial charge in [-0.2, -0.15) is 0 Å². The van der Waals surface area contributed by atoms with Crippen molar-refractivity contribution in [1.82, 2.24) is 4.90 Å². The van der Waals surface area contributed by atoms with Gasteiger partial charge < -0.3 is 10.0 Å². The van der Waals surface area contributed by atoms with E-state index in [1.54, 1.807) is 12.1 Å². The van der Waals surface area contributed by atoms with E-state index in [9.17, 15) is 14.0 Å². The average molecular weight is 265 g/mol. The number of hydrogen-bond donors (Lipinski definition) is 1. The Bertz CT molecular complexity index is 489. The number of carboxylic acids is 1. The molecule has 1 fully saturated rings. The quantitative estimate of drug-likeness (QED) is 0.903. The van der Waals surface area contributed by atoms with Crippen LogP contribution in [0.5, 0.6) is 0 Å². The number of hydrogen-bond acceptors (Lipinski definition) is 2. The van der Waals surface area contributed by atoms with E-state index in [0.717, 1.165) is 12.0 Å². The summed E-state index contributed by atoms with van der Waals surface area (Å²) in [7, 11) is 0. The zero-order valence-corrected chi connectivity index (χ0v) is 10.5. The van der Waals surface area contributed by atoms with Crippen molar-refractivity contribution in [3.05, 3.63) is 35.6 Å². The van der Waals surface area contributed by atoms with Crippen LogP contribution in [0.1, 0.15) is 24.8 Å². The number of benzene rings is 1. The number of carboxylic acid groups (broad SMARTS) is 1. The number of carbonyl (C=O) groups excluding carboxylic acids is 1. The Kier molecular flexibility index (Phi) is 4.14. The van der Waals surface area contributed by atoms with Gasteiger partial charge in [-0.3, -0.25) is 4.79 Å². The molecule has 0 bridgehead atoms. The van der Waals surface area contributed by atoms with Crippen LogP contribution in [0.15, 0.2) is 24.3 Å². The van der Waals surface area contributed by atoms with E-state index in [1.807, 2.05) is 0 Å². The summed E-state index contributed by atoms with van der Waals surface area (Å²) in [5.74, 6) is -1.44. The van der Waals surface area contributed by atoms with Crippen molar-refractivity contribution in [1.29, 1.82) is 0 Å². The van der Waals surface area contributed by atoms with E-state index >= 15 is 0 Å². The first kappa shape index (κ1) is 13.5. The first-order valence-corrected chi connectivity index (χ1v) is 6.34. The molecule has 2 rings (SSSR count). The van der Waals surface area contributed by atoms with E-state index in [2.05, 4.69) is 0 Å². The summed E-state index contributed by atoms with van der Waals surface area (Å²) >= 11 is 0. The molecule has 1 aliphatic heterocycles. The minimum atomic E-state index is -0.948. The Morgan fingerprint density at radius 3 is 2.89 bits per heavy atom. The molecule has 0 spiro atoms. The third kappa shape index (κ3) is 3.30. The Balaban J connectivity index is 1.92. The van der Waals surface area contributed by atoms with Crippen molar-refractivity contribution in [2.45, 2.75) is 31.7 Å². The SMILES string of the molecule is O=C(O)C1CCCN1C(=O)CCc1cccc(F)c1. The summed E-state index contributed by atoms with van der Waals surface area (Å²) < 4.78 is 13.0. The highest BCUT2D eigenvalue weighted by Crippen LogP contribution is 2.19. The van der Waals surface area contributed by atoms with Crippen molar-refractivity contribution in [2.75, 3.05) is 6.54 Å². The molecule has 19 heavy (non-hydrogen) atoms. The van der Waals surface area contributed by atoms with Gasteiger partial charge in [-0.05, 0) is 37.0 Å². The van der Waals surface area contributed by atoms with E-state index in [1.165, 1.54) is 17.0 Å². The predicted molar refractivity (Wildman–Crippen MR) is 67.1 cm³/mol. The number of aliphatic carboxylic acids is 1. The molecule has 1 aromatic rings. The first-order chi connectivity index (χ1) is 9.08. The third-order valence-electron chi connectivity index (χ3n) is 3.37. The average Bonchev–Trinajstić information content (AvgIpc) is 2.85. The van der Waals surface area contributed by atoms with Gasteiger partial charge >= 0.3 is 5.97 Å². The minimum absolute atomic E-state index is 0.172. The second-order valence-corrected chi connectivity index (χ2v) is 4.71. The highest BCUT2D eigenvalue weighted by molar-refractivity contribution is 5.84. The molecule has 0 aromatic heterocycles. The summed E-state index contributed by atoms with van der Waals surface area (Å²) in [4.78, 5) is 24.4. The topological polar surface area (TPSA) is 57.6 Å². The molecule has 1 amide bonds. The fraction of sp³-hybridized carbons (Fsp3) is 0.429. The Labute approximate surface area is 110 Å². The number of carbonyl (C=O) groups is 2. The minimum Gasteiger partial charge on any atom is -0.480 e. The van der Waals surface area contributed by atoms with Crippen molar-refractivity contribution in [3.8, 4) is 0 Å². The Morgan fingerprint density at radius 1 is 1.42 bits per heavy atom. The summed E-state index contributed by atoms with van der Waals surface area (Å²) in [6.07, 6.45) is 1.89. The predicted octanol–water partition coefficient (Wildman–Crippen LogP) is 1.83. The number of halogens is 1. The molecule has 5 heteroatoms. The maximum atomic E-state index is 13.0. The standard InChI is InChI=1S/C14H16FNO3/c15-11-4-1-3-10(9-11)6-7-13(17)16-8-2-5-12(16)14(18)19/h1,3-4,9,12H,2,5-8H2,(H,18,19). The molecule has 1 N–H and O–H groups in total. The van der Waals surface area contributed by atoms with Crippen molar-refractivity contribution >= 4 is 11.9 Å². The highest BCUT2D eigenvalue weighted by Gasteiger charge is 2.33. The second kappa shape index (κ2) is 5.82. The molecule has 0 aliphatic carbocycles. The fourth-order valence-corrected chi connectivity index (χ4v) is 2.41. The number of amides is 1. The van der Waals surface area contributed by atoms with Crippen LogP contribution in [0, 0.1) is 5.82 Å². The zero-order chi connectivity index (χ0) is 13.8. The molecule has 0 saturated carbocycles. The number of aryl methyl sites for hydroxylation is 1. The van der Waals surface area contributed by atoms with Crippen LogP contribution in [-0.4, -0.2) is 34.5 Å². The van der Waals surface area contributed by atoms with Gasteiger partial charge in [0.15, 0.2) is 0 Å². The zero-order valence-electron chi connectivity index (χ0n) is 10.5. The summed E-state index contributed by atoms with van der Waals surface area (Å²) in [6.45, 7) is 0.499. The van der Waals surface area contributed by atoms with Crippen molar-refractivity contribution in [3.63, 3.8) is 0 Å². The first-order valence-electron chi connectivity index (χ1n) is 6.34. The van der Waals surface area contributed by atoms with Crippen LogP contribution < -0.4 is 0 Å². The molecule has 1 saturated heterocycles. The molecule has 1 atom stereocenters. The van der Waals surface area contributed by atoms with E-state index < -0.39 is 12.0 Å². The molecule has 102 valence electrons. The van der Waals surface area contributed by atoms with Gasteiger partial charge in [0, 0.05) is 13.0 Å². The van der Waals surface area contributed by atoms with Crippen molar-refractivity contribution in [2.24, 2.45) is 0 Å². The lowest BCUT2D eigenvalue weighted by molar-refractivity contribution is -0.148. The lowest BCUT2D eigenvalue weighted by Gasteiger charge is -2.21. The van der Waals surface area contributed by atoms with Gasteiger partial charge in [0.2, 0.25) is 5.91 Å². The molecule has 4 nitrogen and oxygen atoms in total. The van der Waals surface area contributed by atoms with Gasteiger partial charge in [0.1, 0.15) is 11.9 Å². The third-order valence-corrected chi connectivity index (χ3v) is 3.37. The van der Waals surface area contributed by atoms with Gasteiger partial charge in [-0.25, -0.2) is 9.18 Å². The van der Waals surface area contributed by atoms with Gasteiger partial charge in [0.25, 0.3) is 0 Å². The van der Waals surface area contributed by atoms with Gasteiger partial charge in [0.05, 0.1) is 0 Å². The second-order valence-electron chi connectivity index (χ2n) is 4.71. The van der Waals surface area contributed by atoms with Crippen LogP contribution in [0.4, 0.5) is 4.39 Å². The van der Waals surface area contributed by atoms with Gasteiger partial charge in [-0.15, -0.1) is 0 Å². The molecule has 1 heterocycles. The number of likely N-dealkylation sites (tertiary alicyclic amines) is 1. The summed E-state index contributed by atoms with van der Waals surface area (Å²) in [5, 5.41) is 9.01. The smallest absolute Gasteiger partial charge is 0.326 e. The van der Waals surface area contributed by atoms with Gasteiger partial charge in [-0.1, -0.05) is 12.1 Å². The van der Waals surface area contributed by atoms with Crippen LogP contribution in [0.2, 0.25) is 0 Å². The highest BCUT2D eigenvalue weighted by atomic mass is 19.1. The molecular formula is C14H16FNO3. The summed E-state index contributed by atoms with van der Waals surface area (Å²) in [5.41, 5.74) is 0.749. The largest absolute Gasteiger partial charge is 0.480 e. The molecule has 1 aliphatic rings. The normalized spacial score (nSPS) is 18.6. The van der Waals surface area contributed by atoms with Crippen LogP contribution in [-0.2, 0) is 16.0 Å². The van der Waals surface area contributed by atoms with E-state index in [0.29, 0.717) is 19.4 Å². The fourth-order valence-electron chi connectivity index (χ4n) is 2.41. The van der Waals surface area contributed by atoms with Crippen molar-refractivity contribution < 1.29 is 19.1 Å². The molecular weight excluding hydrogens is 249 g/mol. The van der Waals surface area contributed by atoms with Crippen LogP contribution in [0.3, 0.4) is 0 Å². The van der Waals surface area contributed by atoms with E-state index in [4.69, 9.17) is 5.11 Å². The summed E-state index contributed by atoms with van der Waals surface area (Å²) in [6, 6.07) is 5.41. The number of rotatable bonds is 4. The Hall–Kier alpha value is -1.91. The van der Waals surface area contributed by atoms with Crippen LogP contribution >= 0.6 is 0 Å². The number of nitrogens with zero attached hydrogens (tertiary/aromatic N) is 1. The Morgan fingerprint density at radius 2 is 2.21 bits per heavy atom. The lowest BCUT2D eigenvalue weighted by atomic mass is 10.1.